The summed E-state index contributed by atoms with van der Waals surface area (Å²) in [5, 5.41) is 3.81. The van der Waals surface area contributed by atoms with Gasteiger partial charge in [0.1, 0.15) is 0 Å². The fourth-order valence-electron chi connectivity index (χ4n) is 2.85. The van der Waals surface area contributed by atoms with Crippen molar-refractivity contribution in [3.05, 3.63) is 65.0 Å². The lowest BCUT2D eigenvalue weighted by molar-refractivity contribution is 0.0924. The van der Waals surface area contributed by atoms with Crippen LogP contribution in [0.4, 0.5) is 5.69 Å². The Morgan fingerprint density at radius 3 is 2.36 bits per heavy atom. The fraction of sp³-hybridized carbons (Fsp3) is 0.286. The highest BCUT2D eigenvalue weighted by Gasteiger charge is 2.20. The van der Waals surface area contributed by atoms with Gasteiger partial charge in [0.25, 0.3) is 5.91 Å². The van der Waals surface area contributed by atoms with E-state index in [-0.39, 0.29) is 18.0 Å². The number of carbonyl (C=O) groups is 1. The summed E-state index contributed by atoms with van der Waals surface area (Å²) in [6.07, 6.45) is 1.20. The molecule has 0 saturated carbocycles. The average molecular weight is 417 g/mol. The molecule has 0 aliphatic rings. The Morgan fingerprint density at radius 1 is 1.07 bits per heavy atom. The van der Waals surface area contributed by atoms with Gasteiger partial charge in [0.15, 0.2) is 0 Å². The Labute approximate surface area is 170 Å². The van der Waals surface area contributed by atoms with E-state index < -0.39 is 10.0 Å². The number of thiophene rings is 1. The summed E-state index contributed by atoms with van der Waals surface area (Å²) in [6, 6.07) is 16.8. The Morgan fingerprint density at radius 2 is 1.75 bits per heavy atom. The van der Waals surface area contributed by atoms with E-state index in [0.29, 0.717) is 10.6 Å². The zero-order valence-electron chi connectivity index (χ0n) is 16.4. The molecule has 0 radical (unpaired) electrons. The first-order chi connectivity index (χ1) is 13.0. The van der Waals surface area contributed by atoms with Gasteiger partial charge >= 0.3 is 0 Å². The van der Waals surface area contributed by atoms with Crippen molar-refractivity contribution in [2.75, 3.05) is 10.6 Å². The summed E-state index contributed by atoms with van der Waals surface area (Å²) < 4.78 is 27.1. The predicted molar refractivity (Wildman–Crippen MR) is 117 cm³/mol. The first-order valence-electron chi connectivity index (χ1n) is 8.91. The zero-order chi connectivity index (χ0) is 20.5. The smallest absolute Gasteiger partial charge is 0.261 e. The van der Waals surface area contributed by atoms with Crippen LogP contribution in [0.15, 0.2) is 54.6 Å². The SMILES string of the molecule is CC(C)(C)NC(=O)c1cc2cc(N(Cc3ccccc3)S(C)(=O)=O)ccc2s1. The van der Waals surface area contributed by atoms with Crippen molar-refractivity contribution < 1.29 is 13.2 Å². The molecule has 2 aromatic carbocycles. The van der Waals surface area contributed by atoms with E-state index in [0.717, 1.165) is 15.6 Å². The van der Waals surface area contributed by atoms with E-state index in [1.165, 1.54) is 21.9 Å². The summed E-state index contributed by atoms with van der Waals surface area (Å²) in [6.45, 7) is 6.06. The maximum atomic E-state index is 12.4. The second-order valence-corrected chi connectivity index (χ2v) is 10.8. The van der Waals surface area contributed by atoms with Gasteiger partial charge in [-0.2, -0.15) is 0 Å². The van der Waals surface area contributed by atoms with Crippen molar-refractivity contribution in [2.45, 2.75) is 32.9 Å². The number of nitrogens with zero attached hydrogens (tertiary/aromatic N) is 1. The third kappa shape index (κ3) is 4.91. The number of carbonyl (C=O) groups excluding carboxylic acids is 1. The minimum atomic E-state index is -3.46. The van der Waals surface area contributed by atoms with E-state index in [2.05, 4.69) is 5.32 Å². The van der Waals surface area contributed by atoms with Crippen LogP contribution in [0, 0.1) is 0 Å². The Hall–Kier alpha value is -2.38. The van der Waals surface area contributed by atoms with E-state index in [1.807, 2.05) is 69.3 Å². The van der Waals surface area contributed by atoms with Crippen LogP contribution in [-0.4, -0.2) is 26.1 Å². The number of nitrogens with one attached hydrogen (secondary N) is 1. The number of rotatable bonds is 5. The summed E-state index contributed by atoms with van der Waals surface area (Å²) in [4.78, 5) is 13.0. The molecule has 3 rings (SSSR count). The van der Waals surface area contributed by atoms with E-state index in [4.69, 9.17) is 0 Å². The lowest BCUT2D eigenvalue weighted by Crippen LogP contribution is -2.40. The van der Waals surface area contributed by atoms with Crippen LogP contribution in [0.5, 0.6) is 0 Å². The van der Waals surface area contributed by atoms with Gasteiger partial charge in [-0.3, -0.25) is 9.10 Å². The standard InChI is InChI=1S/C21H24N2O3S2/c1-21(2,3)22-20(24)19-13-16-12-17(10-11-18(16)27-19)23(28(4,25)26)14-15-8-6-5-7-9-15/h5-13H,14H2,1-4H3,(H,22,24). The molecule has 0 aliphatic carbocycles. The topological polar surface area (TPSA) is 66.5 Å². The van der Waals surface area contributed by atoms with Gasteiger partial charge in [0.2, 0.25) is 10.0 Å². The minimum Gasteiger partial charge on any atom is -0.347 e. The van der Waals surface area contributed by atoms with Crippen LogP contribution in [0.3, 0.4) is 0 Å². The van der Waals surface area contributed by atoms with Crippen LogP contribution in [0.25, 0.3) is 10.1 Å². The Kier molecular flexibility index (Phi) is 5.50. The van der Waals surface area contributed by atoms with Crippen molar-refractivity contribution in [3.63, 3.8) is 0 Å². The van der Waals surface area contributed by atoms with E-state index in [1.54, 1.807) is 6.07 Å². The third-order valence-electron chi connectivity index (χ3n) is 4.07. The molecule has 0 bridgehead atoms. The molecule has 28 heavy (non-hydrogen) atoms. The summed E-state index contributed by atoms with van der Waals surface area (Å²) in [5.74, 6) is -0.125. The molecular weight excluding hydrogens is 392 g/mol. The third-order valence-corrected chi connectivity index (χ3v) is 6.32. The summed E-state index contributed by atoms with van der Waals surface area (Å²) in [5.41, 5.74) is 1.17. The summed E-state index contributed by atoms with van der Waals surface area (Å²) in [7, 11) is -3.46. The average Bonchev–Trinajstić information content (AvgIpc) is 3.01. The fourth-order valence-corrected chi connectivity index (χ4v) is 4.67. The molecule has 5 nitrogen and oxygen atoms in total. The molecule has 1 heterocycles. The highest BCUT2D eigenvalue weighted by molar-refractivity contribution is 7.92. The monoisotopic (exact) mass is 416 g/mol. The van der Waals surface area contributed by atoms with Crippen molar-refractivity contribution in [1.29, 1.82) is 0 Å². The molecule has 1 aromatic heterocycles. The number of benzene rings is 2. The van der Waals surface area contributed by atoms with Crippen molar-refractivity contribution >= 4 is 43.0 Å². The van der Waals surface area contributed by atoms with Crippen LogP contribution >= 0.6 is 11.3 Å². The normalized spacial score (nSPS) is 12.1. The molecule has 7 heteroatoms. The second kappa shape index (κ2) is 7.56. The van der Waals surface area contributed by atoms with Crippen LogP contribution in [0.1, 0.15) is 36.0 Å². The van der Waals surface area contributed by atoms with Gasteiger partial charge in [0.05, 0.1) is 23.4 Å². The van der Waals surface area contributed by atoms with Gasteiger partial charge in [0, 0.05) is 10.2 Å². The largest absolute Gasteiger partial charge is 0.347 e. The van der Waals surface area contributed by atoms with Crippen molar-refractivity contribution in [3.8, 4) is 0 Å². The van der Waals surface area contributed by atoms with Crippen molar-refractivity contribution in [1.82, 2.24) is 5.32 Å². The molecule has 3 aromatic rings. The first-order valence-corrected chi connectivity index (χ1v) is 11.6. The molecule has 0 spiro atoms. The quantitative estimate of drug-likeness (QED) is 0.670. The van der Waals surface area contributed by atoms with Crippen molar-refractivity contribution in [2.24, 2.45) is 0 Å². The molecule has 0 atom stereocenters. The number of hydrogen-bond donors (Lipinski definition) is 1. The molecule has 1 amide bonds. The second-order valence-electron chi connectivity index (χ2n) is 7.79. The minimum absolute atomic E-state index is 0.125. The Balaban J connectivity index is 1.96. The maximum absolute atomic E-state index is 12.4. The molecule has 1 N–H and O–H groups in total. The predicted octanol–water partition coefficient (Wildman–Crippen LogP) is 4.40. The van der Waals surface area contributed by atoms with Gasteiger partial charge in [-0.25, -0.2) is 8.42 Å². The highest BCUT2D eigenvalue weighted by Crippen LogP contribution is 2.31. The van der Waals surface area contributed by atoms with Gasteiger partial charge < -0.3 is 5.32 Å². The van der Waals surface area contributed by atoms with Crippen LogP contribution < -0.4 is 9.62 Å². The molecule has 148 valence electrons. The Bertz CT molecular complexity index is 1100. The lowest BCUT2D eigenvalue weighted by atomic mass is 10.1. The maximum Gasteiger partial charge on any atom is 0.261 e. The number of amides is 1. The van der Waals surface area contributed by atoms with Crippen LogP contribution in [-0.2, 0) is 16.6 Å². The lowest BCUT2D eigenvalue weighted by Gasteiger charge is -2.22. The number of anilines is 1. The highest BCUT2D eigenvalue weighted by atomic mass is 32.2. The van der Waals surface area contributed by atoms with Gasteiger partial charge in [-0.05, 0) is 56.0 Å². The number of sulfonamides is 1. The summed E-state index contributed by atoms with van der Waals surface area (Å²) >= 11 is 1.40. The molecular formula is C21H24N2O3S2. The van der Waals surface area contributed by atoms with E-state index in [9.17, 15) is 13.2 Å². The number of hydrogen-bond acceptors (Lipinski definition) is 4. The van der Waals surface area contributed by atoms with E-state index >= 15 is 0 Å². The van der Waals surface area contributed by atoms with Crippen LogP contribution in [0.2, 0.25) is 0 Å². The van der Waals surface area contributed by atoms with Gasteiger partial charge in [-0.15, -0.1) is 11.3 Å². The van der Waals surface area contributed by atoms with Gasteiger partial charge in [-0.1, -0.05) is 30.3 Å². The molecule has 0 unspecified atom stereocenters. The zero-order valence-corrected chi connectivity index (χ0v) is 18.0. The molecule has 0 fully saturated rings. The number of fused-ring (bicyclic) bond motifs is 1. The molecule has 0 aliphatic heterocycles. The molecule has 0 saturated heterocycles. The first kappa shape index (κ1) is 20.4.